The zero-order valence-electron chi connectivity index (χ0n) is 10.5. The minimum Gasteiger partial charge on any atom is -0.386 e. The minimum absolute atomic E-state index is 0.150. The Kier molecular flexibility index (Phi) is 4.69. The van der Waals surface area contributed by atoms with Crippen LogP contribution in [0.1, 0.15) is 11.7 Å². The van der Waals surface area contributed by atoms with Gasteiger partial charge in [-0.2, -0.15) is 0 Å². The van der Waals surface area contributed by atoms with Gasteiger partial charge in [0.2, 0.25) is 0 Å². The molecule has 0 bridgehead atoms. The predicted molar refractivity (Wildman–Crippen MR) is 71.2 cm³/mol. The highest BCUT2D eigenvalue weighted by molar-refractivity contribution is 6.33. The van der Waals surface area contributed by atoms with Crippen molar-refractivity contribution in [2.45, 2.75) is 6.10 Å². The van der Waals surface area contributed by atoms with Gasteiger partial charge in [-0.1, -0.05) is 17.7 Å². The molecule has 0 aromatic heterocycles. The quantitative estimate of drug-likeness (QED) is 0.834. The van der Waals surface area contributed by atoms with Crippen molar-refractivity contribution in [2.24, 2.45) is 0 Å². The van der Waals surface area contributed by atoms with Gasteiger partial charge in [-0.3, -0.25) is 0 Å². The number of rotatable bonds is 4. The van der Waals surface area contributed by atoms with E-state index in [1.54, 1.807) is 0 Å². The summed E-state index contributed by atoms with van der Waals surface area (Å²) in [5, 5.41) is 12.1. The van der Waals surface area contributed by atoms with Crippen LogP contribution in [0.15, 0.2) is 30.3 Å². The first-order chi connectivity index (χ1) is 9.88. The molecule has 2 N–H and O–H groups in total. The lowest BCUT2D eigenvalue weighted by Gasteiger charge is -2.15. The average Bonchev–Trinajstić information content (AvgIpc) is 2.36. The Morgan fingerprint density at radius 1 is 1.00 bits per heavy atom. The Balaban J connectivity index is 2.13. The van der Waals surface area contributed by atoms with E-state index in [0.717, 1.165) is 18.2 Å². The summed E-state index contributed by atoms with van der Waals surface area (Å²) in [5.74, 6) is -3.47. The van der Waals surface area contributed by atoms with Crippen LogP contribution in [0, 0.1) is 23.3 Å². The predicted octanol–water partition coefficient (Wildman–Crippen LogP) is 4.04. The second-order valence-electron chi connectivity index (χ2n) is 4.31. The number of aliphatic hydroxyl groups is 1. The van der Waals surface area contributed by atoms with Crippen molar-refractivity contribution in [2.75, 3.05) is 11.9 Å². The summed E-state index contributed by atoms with van der Waals surface area (Å²) in [7, 11) is 0. The first-order valence-electron chi connectivity index (χ1n) is 5.90. The Bertz CT molecular complexity index is 642. The Labute approximate surface area is 123 Å². The second kappa shape index (κ2) is 6.32. The molecule has 0 radical (unpaired) electrons. The molecule has 0 saturated heterocycles. The van der Waals surface area contributed by atoms with Crippen LogP contribution in [-0.4, -0.2) is 11.7 Å². The molecule has 2 aromatic rings. The van der Waals surface area contributed by atoms with Gasteiger partial charge in [0, 0.05) is 24.2 Å². The lowest BCUT2D eigenvalue weighted by Crippen LogP contribution is -2.14. The van der Waals surface area contributed by atoms with Crippen LogP contribution in [0.4, 0.5) is 23.2 Å². The van der Waals surface area contributed by atoms with Crippen molar-refractivity contribution in [3.63, 3.8) is 0 Å². The van der Waals surface area contributed by atoms with Crippen molar-refractivity contribution < 1.29 is 22.7 Å². The molecule has 2 aromatic carbocycles. The number of hydrogen-bond donors (Lipinski definition) is 2. The first kappa shape index (κ1) is 15.6. The smallest absolute Gasteiger partial charge is 0.150 e. The molecule has 0 spiro atoms. The molecule has 0 saturated carbocycles. The first-order valence-corrected chi connectivity index (χ1v) is 6.27. The third-order valence-corrected chi connectivity index (χ3v) is 3.10. The van der Waals surface area contributed by atoms with Gasteiger partial charge < -0.3 is 10.4 Å². The summed E-state index contributed by atoms with van der Waals surface area (Å²) >= 11 is 5.67. The van der Waals surface area contributed by atoms with Crippen molar-refractivity contribution in [3.05, 3.63) is 64.2 Å². The van der Waals surface area contributed by atoms with Gasteiger partial charge in [-0.05, 0) is 12.1 Å². The molecule has 0 aliphatic rings. The normalized spacial score (nSPS) is 12.3. The molecule has 1 unspecified atom stereocenters. The van der Waals surface area contributed by atoms with Crippen molar-refractivity contribution in [3.8, 4) is 0 Å². The molecule has 2 nitrogen and oxygen atoms in total. The maximum absolute atomic E-state index is 13.5. The molecular formula is C14H10ClF4NO. The van der Waals surface area contributed by atoms with Gasteiger partial charge in [-0.25, -0.2) is 17.6 Å². The molecule has 0 amide bonds. The van der Waals surface area contributed by atoms with Gasteiger partial charge in [0.05, 0.1) is 16.8 Å². The largest absolute Gasteiger partial charge is 0.386 e. The molecular weight excluding hydrogens is 310 g/mol. The van der Waals surface area contributed by atoms with Crippen molar-refractivity contribution in [1.29, 1.82) is 0 Å². The summed E-state index contributed by atoms with van der Waals surface area (Å²) < 4.78 is 52.6. The highest BCUT2D eigenvalue weighted by Crippen LogP contribution is 2.27. The monoisotopic (exact) mass is 319 g/mol. The molecule has 0 fully saturated rings. The van der Waals surface area contributed by atoms with Crippen molar-refractivity contribution >= 4 is 17.3 Å². The van der Waals surface area contributed by atoms with E-state index in [0.29, 0.717) is 12.1 Å². The van der Waals surface area contributed by atoms with E-state index in [1.807, 2.05) is 0 Å². The standard InChI is InChI=1S/C14H10ClF4NO/c15-10-3-8(17)5-12(19)14(10)20-6-13(21)9-2-1-7(16)4-11(9)18/h1-5,13,20-21H,6H2. The molecule has 1 atom stereocenters. The summed E-state index contributed by atoms with van der Waals surface area (Å²) in [6.07, 6.45) is -1.36. The molecule has 0 heterocycles. The van der Waals surface area contributed by atoms with Gasteiger partial charge in [0.1, 0.15) is 17.5 Å². The van der Waals surface area contributed by atoms with Gasteiger partial charge in [-0.15, -0.1) is 0 Å². The molecule has 7 heteroatoms. The van der Waals surface area contributed by atoms with E-state index in [-0.39, 0.29) is 22.8 Å². The zero-order valence-corrected chi connectivity index (χ0v) is 11.3. The fourth-order valence-corrected chi connectivity index (χ4v) is 2.05. The fourth-order valence-electron chi connectivity index (χ4n) is 1.79. The van der Waals surface area contributed by atoms with E-state index < -0.39 is 29.4 Å². The zero-order chi connectivity index (χ0) is 15.6. The lowest BCUT2D eigenvalue weighted by atomic mass is 10.1. The third kappa shape index (κ3) is 3.65. The Morgan fingerprint density at radius 3 is 2.29 bits per heavy atom. The number of aliphatic hydroxyl groups excluding tert-OH is 1. The maximum Gasteiger partial charge on any atom is 0.150 e. The Morgan fingerprint density at radius 2 is 1.67 bits per heavy atom. The summed E-state index contributed by atoms with van der Waals surface area (Å²) in [4.78, 5) is 0. The number of hydrogen-bond acceptors (Lipinski definition) is 2. The highest BCUT2D eigenvalue weighted by atomic mass is 35.5. The molecule has 0 aliphatic heterocycles. The van der Waals surface area contributed by atoms with Crippen LogP contribution in [-0.2, 0) is 0 Å². The number of benzene rings is 2. The van der Waals surface area contributed by atoms with Gasteiger partial charge in [0.25, 0.3) is 0 Å². The topological polar surface area (TPSA) is 32.3 Å². The van der Waals surface area contributed by atoms with E-state index >= 15 is 0 Å². The molecule has 112 valence electrons. The second-order valence-corrected chi connectivity index (χ2v) is 4.71. The van der Waals surface area contributed by atoms with E-state index in [9.17, 15) is 22.7 Å². The number of nitrogens with one attached hydrogen (secondary N) is 1. The van der Waals surface area contributed by atoms with E-state index in [4.69, 9.17) is 11.6 Å². The average molecular weight is 320 g/mol. The van der Waals surface area contributed by atoms with Gasteiger partial charge in [0.15, 0.2) is 5.82 Å². The van der Waals surface area contributed by atoms with E-state index in [2.05, 4.69) is 5.32 Å². The molecule has 0 aliphatic carbocycles. The molecule has 21 heavy (non-hydrogen) atoms. The summed E-state index contributed by atoms with van der Waals surface area (Å²) in [6.45, 7) is -0.287. The van der Waals surface area contributed by atoms with Crippen LogP contribution in [0.5, 0.6) is 0 Å². The van der Waals surface area contributed by atoms with Crippen LogP contribution in [0.3, 0.4) is 0 Å². The SMILES string of the molecule is OC(CNc1c(F)cc(F)cc1Cl)c1ccc(F)cc1F. The lowest BCUT2D eigenvalue weighted by molar-refractivity contribution is 0.186. The van der Waals surface area contributed by atoms with E-state index in [1.165, 1.54) is 0 Å². The third-order valence-electron chi connectivity index (χ3n) is 2.80. The number of halogens is 5. The van der Waals surface area contributed by atoms with Crippen LogP contribution < -0.4 is 5.32 Å². The van der Waals surface area contributed by atoms with Crippen LogP contribution in [0.2, 0.25) is 5.02 Å². The highest BCUT2D eigenvalue weighted by Gasteiger charge is 2.16. The minimum atomic E-state index is -1.36. The molecule has 2 rings (SSSR count). The summed E-state index contributed by atoms with van der Waals surface area (Å²) in [5.41, 5.74) is -0.359. The van der Waals surface area contributed by atoms with Crippen LogP contribution >= 0.6 is 11.6 Å². The van der Waals surface area contributed by atoms with Gasteiger partial charge >= 0.3 is 0 Å². The summed E-state index contributed by atoms with van der Waals surface area (Å²) in [6, 6.07) is 4.23. The van der Waals surface area contributed by atoms with Crippen LogP contribution in [0.25, 0.3) is 0 Å². The fraction of sp³-hybridized carbons (Fsp3) is 0.143. The maximum atomic E-state index is 13.5. The van der Waals surface area contributed by atoms with Crippen molar-refractivity contribution in [1.82, 2.24) is 0 Å². The Hall–Kier alpha value is -1.79. The number of anilines is 1.